The van der Waals surface area contributed by atoms with E-state index in [4.69, 9.17) is 28.3 Å². The van der Waals surface area contributed by atoms with Gasteiger partial charge < -0.3 is 14.7 Å². The minimum atomic E-state index is -1.12. The van der Waals surface area contributed by atoms with Crippen molar-refractivity contribution in [2.75, 3.05) is 34.3 Å². The van der Waals surface area contributed by atoms with Crippen molar-refractivity contribution in [2.24, 2.45) is 0 Å². The maximum atomic E-state index is 10.2. The lowest BCUT2D eigenvalue weighted by molar-refractivity contribution is -0.877. The molecular weight excluding hydrogens is 225 g/mol. The normalized spacial score (nSPS) is 17.1. The van der Waals surface area contributed by atoms with Crippen molar-refractivity contribution in [3.05, 3.63) is 0 Å². The van der Waals surface area contributed by atoms with Crippen LogP contribution >= 0.6 is 23.2 Å². The zero-order chi connectivity index (χ0) is 11.4. The molecule has 1 unspecified atom stereocenters. The van der Waals surface area contributed by atoms with Gasteiger partial charge in [0.1, 0.15) is 17.0 Å². The Morgan fingerprint density at radius 1 is 1.29 bits per heavy atom. The highest BCUT2D eigenvalue weighted by Gasteiger charge is 2.39. The molecule has 0 bridgehead atoms. The van der Waals surface area contributed by atoms with Crippen LogP contribution < -0.4 is 0 Å². The molecule has 0 saturated heterocycles. The quantitative estimate of drug-likeness (QED) is 0.541. The lowest BCUT2D eigenvalue weighted by Gasteiger charge is -2.36. The van der Waals surface area contributed by atoms with Crippen LogP contribution in [0.4, 0.5) is 0 Å². The summed E-state index contributed by atoms with van der Waals surface area (Å²) in [5.74, 6) is 0. The molecule has 0 rings (SSSR count). The van der Waals surface area contributed by atoms with E-state index >= 15 is 0 Å². The zero-order valence-corrected chi connectivity index (χ0v) is 10.5. The molecule has 3 nitrogen and oxygen atoms in total. The molecule has 0 aliphatic rings. The summed E-state index contributed by atoms with van der Waals surface area (Å²) in [6.45, 7) is 0.505. The Morgan fingerprint density at radius 3 is 2.07 bits per heavy atom. The maximum absolute atomic E-state index is 10.2. The van der Waals surface area contributed by atoms with Crippen molar-refractivity contribution in [1.29, 1.82) is 0 Å². The second-order valence-electron chi connectivity index (χ2n) is 4.68. The predicted molar refractivity (Wildman–Crippen MR) is 59.7 cm³/mol. The van der Waals surface area contributed by atoms with Gasteiger partial charge in [-0.15, -0.1) is 23.2 Å². The fourth-order valence-electron chi connectivity index (χ4n) is 1.46. The van der Waals surface area contributed by atoms with Crippen molar-refractivity contribution in [1.82, 2.24) is 0 Å². The van der Waals surface area contributed by atoms with Crippen molar-refractivity contribution < 1.29 is 14.7 Å². The van der Waals surface area contributed by atoms with Gasteiger partial charge in [-0.3, -0.25) is 0 Å². The molecule has 0 amide bonds. The number of aliphatic hydroxyl groups excluding tert-OH is 1. The summed E-state index contributed by atoms with van der Waals surface area (Å²) >= 11 is 11.5. The first kappa shape index (κ1) is 14.5. The Hall–Kier alpha value is 0.460. The van der Waals surface area contributed by atoms with E-state index in [2.05, 4.69) is 0 Å². The minimum Gasteiger partial charge on any atom is -0.396 e. The number of hydrogen-bond acceptors (Lipinski definition) is 2. The monoisotopic (exact) mass is 244 g/mol. The third kappa shape index (κ3) is 5.37. The molecule has 0 heterocycles. The molecule has 0 aromatic rings. The summed E-state index contributed by atoms with van der Waals surface area (Å²) in [7, 11) is 5.88. The molecule has 0 aliphatic carbocycles. The van der Waals surface area contributed by atoms with Gasteiger partial charge in [0.25, 0.3) is 0 Å². The minimum absolute atomic E-state index is 0.0416. The number of aliphatic hydroxyl groups is 2. The SMILES string of the molecule is C[N+](C)(C)CC(O)(CCCO)C(Cl)Cl. The standard InChI is InChI=1S/C9H20Cl2NO2/c1-12(2,3)7-9(14,8(10)11)5-4-6-13/h8,13-14H,4-7H2,1-3H3/q+1. The van der Waals surface area contributed by atoms with Gasteiger partial charge in [-0.2, -0.15) is 0 Å². The van der Waals surface area contributed by atoms with Gasteiger partial charge in [0.15, 0.2) is 0 Å². The van der Waals surface area contributed by atoms with Gasteiger partial charge in [0.2, 0.25) is 0 Å². The van der Waals surface area contributed by atoms with E-state index < -0.39 is 10.4 Å². The van der Waals surface area contributed by atoms with Crippen molar-refractivity contribution in [2.45, 2.75) is 23.3 Å². The second kappa shape index (κ2) is 5.52. The molecule has 0 aliphatic heterocycles. The van der Waals surface area contributed by atoms with Crippen LogP contribution in [0, 0.1) is 0 Å². The highest BCUT2D eigenvalue weighted by atomic mass is 35.5. The van der Waals surface area contributed by atoms with E-state index in [1.54, 1.807) is 0 Å². The van der Waals surface area contributed by atoms with Crippen LogP contribution in [-0.4, -0.2) is 59.4 Å². The molecule has 86 valence electrons. The van der Waals surface area contributed by atoms with Crippen LogP contribution in [0.3, 0.4) is 0 Å². The van der Waals surface area contributed by atoms with E-state index in [0.29, 0.717) is 23.9 Å². The van der Waals surface area contributed by atoms with E-state index in [1.807, 2.05) is 21.1 Å². The summed E-state index contributed by atoms with van der Waals surface area (Å²) in [5.41, 5.74) is -1.12. The average Bonchev–Trinajstić information content (AvgIpc) is 1.97. The molecule has 0 saturated carbocycles. The maximum Gasteiger partial charge on any atom is 0.143 e. The Labute approximate surface area is 95.8 Å². The number of likely N-dealkylation sites (N-methyl/N-ethyl adjacent to an activating group) is 1. The lowest BCUT2D eigenvalue weighted by Crippen LogP contribution is -2.52. The van der Waals surface area contributed by atoms with Gasteiger partial charge in [0, 0.05) is 6.61 Å². The van der Waals surface area contributed by atoms with Crippen LogP contribution in [0.1, 0.15) is 12.8 Å². The van der Waals surface area contributed by atoms with Gasteiger partial charge >= 0.3 is 0 Å². The van der Waals surface area contributed by atoms with Gasteiger partial charge in [-0.1, -0.05) is 0 Å². The van der Waals surface area contributed by atoms with Crippen LogP contribution in [0.25, 0.3) is 0 Å². The average molecular weight is 245 g/mol. The first-order valence-corrected chi connectivity index (χ1v) is 5.50. The molecule has 1 atom stereocenters. The number of quaternary nitrogens is 1. The molecule has 0 spiro atoms. The Kier molecular flexibility index (Phi) is 5.70. The summed E-state index contributed by atoms with van der Waals surface area (Å²) in [5, 5.41) is 18.9. The molecule has 14 heavy (non-hydrogen) atoms. The van der Waals surface area contributed by atoms with Crippen LogP contribution in [0.15, 0.2) is 0 Å². The number of halogens is 2. The Bertz CT molecular complexity index is 171. The third-order valence-corrected chi connectivity index (χ3v) is 2.73. The van der Waals surface area contributed by atoms with Crippen LogP contribution in [0.5, 0.6) is 0 Å². The Balaban J connectivity index is 4.39. The van der Waals surface area contributed by atoms with Crippen molar-refractivity contribution >= 4 is 23.2 Å². The fourth-order valence-corrected chi connectivity index (χ4v) is 1.82. The lowest BCUT2D eigenvalue weighted by atomic mass is 9.98. The van der Waals surface area contributed by atoms with E-state index in [1.165, 1.54) is 0 Å². The number of nitrogens with zero attached hydrogens (tertiary/aromatic N) is 1. The summed E-state index contributed by atoms with van der Waals surface area (Å²) in [4.78, 5) is -0.827. The number of rotatable bonds is 6. The molecular formula is C9H20Cl2NO2+. The summed E-state index contributed by atoms with van der Waals surface area (Å²) in [6, 6.07) is 0. The molecule has 2 N–H and O–H groups in total. The fraction of sp³-hybridized carbons (Fsp3) is 1.00. The zero-order valence-electron chi connectivity index (χ0n) is 9.00. The smallest absolute Gasteiger partial charge is 0.143 e. The van der Waals surface area contributed by atoms with E-state index in [0.717, 1.165) is 0 Å². The second-order valence-corrected chi connectivity index (χ2v) is 5.78. The molecule has 0 aromatic carbocycles. The van der Waals surface area contributed by atoms with Crippen molar-refractivity contribution in [3.8, 4) is 0 Å². The number of hydrogen-bond donors (Lipinski definition) is 2. The topological polar surface area (TPSA) is 40.5 Å². The van der Waals surface area contributed by atoms with Crippen LogP contribution in [0.2, 0.25) is 0 Å². The summed E-state index contributed by atoms with van der Waals surface area (Å²) in [6.07, 6.45) is 0.920. The van der Waals surface area contributed by atoms with Crippen molar-refractivity contribution in [3.63, 3.8) is 0 Å². The van der Waals surface area contributed by atoms with Gasteiger partial charge in [-0.05, 0) is 12.8 Å². The third-order valence-electron chi connectivity index (χ3n) is 1.92. The molecule has 0 radical (unpaired) electrons. The van der Waals surface area contributed by atoms with E-state index in [9.17, 15) is 5.11 Å². The highest BCUT2D eigenvalue weighted by molar-refractivity contribution is 6.45. The first-order valence-electron chi connectivity index (χ1n) is 4.63. The van der Waals surface area contributed by atoms with E-state index in [-0.39, 0.29) is 6.61 Å². The van der Waals surface area contributed by atoms with Gasteiger partial charge in [0.05, 0.1) is 21.1 Å². The predicted octanol–water partition coefficient (Wildman–Crippen LogP) is 1.000. The molecule has 0 aromatic heterocycles. The molecule has 0 fully saturated rings. The Morgan fingerprint density at radius 2 is 1.79 bits per heavy atom. The first-order chi connectivity index (χ1) is 6.21. The molecule has 5 heteroatoms. The van der Waals surface area contributed by atoms with Gasteiger partial charge in [-0.25, -0.2) is 0 Å². The number of alkyl halides is 2. The summed E-state index contributed by atoms with van der Waals surface area (Å²) < 4.78 is 0.581. The largest absolute Gasteiger partial charge is 0.396 e. The van der Waals surface area contributed by atoms with Crippen LogP contribution in [-0.2, 0) is 0 Å². The highest BCUT2D eigenvalue weighted by Crippen LogP contribution is 2.27.